The minimum Gasteiger partial charge on any atom is -0.439 e. The maximum Gasteiger partial charge on any atom is 0.209 e. The highest BCUT2D eigenvalue weighted by atomic mass is 35.5. The van der Waals surface area contributed by atoms with Crippen LogP contribution in [0.15, 0.2) is 16.7 Å². The van der Waals surface area contributed by atoms with E-state index in [1.165, 1.54) is 34.6 Å². The van der Waals surface area contributed by atoms with Crippen molar-refractivity contribution in [1.82, 2.24) is 4.98 Å². The van der Waals surface area contributed by atoms with Crippen LogP contribution in [-0.2, 0) is 18.7 Å². The van der Waals surface area contributed by atoms with Crippen LogP contribution < -0.4 is 0 Å². The number of oxazole rings is 1. The molecule has 2 aromatic heterocycles. The van der Waals surface area contributed by atoms with Gasteiger partial charge in [-0.25, -0.2) is 4.98 Å². The van der Waals surface area contributed by atoms with Crippen molar-refractivity contribution >= 4 is 22.9 Å². The first kappa shape index (κ1) is 9.43. The summed E-state index contributed by atoms with van der Waals surface area (Å²) in [6.07, 6.45) is 5.49. The highest BCUT2D eigenvalue weighted by molar-refractivity contribution is 7.15. The summed E-state index contributed by atoms with van der Waals surface area (Å²) in [5.74, 6) is 1.79. The molecule has 2 nitrogen and oxygen atoms in total. The van der Waals surface area contributed by atoms with Crippen molar-refractivity contribution in [2.45, 2.75) is 25.1 Å². The zero-order chi connectivity index (χ0) is 10.3. The number of halogens is 1. The van der Waals surface area contributed by atoms with E-state index in [0.29, 0.717) is 11.8 Å². The molecule has 0 unspecified atom stereocenters. The van der Waals surface area contributed by atoms with Crippen LogP contribution in [0.5, 0.6) is 0 Å². The summed E-state index contributed by atoms with van der Waals surface area (Å²) in [4.78, 5) is 6.79. The number of aromatic nitrogens is 1. The first-order valence-corrected chi connectivity index (χ1v) is 6.34. The van der Waals surface area contributed by atoms with E-state index in [2.05, 4.69) is 11.1 Å². The number of fused-ring (bicyclic) bond motifs is 1. The lowest BCUT2D eigenvalue weighted by atomic mass is 10.2. The van der Waals surface area contributed by atoms with Gasteiger partial charge in [-0.1, -0.05) is 0 Å². The molecule has 0 fully saturated rings. The van der Waals surface area contributed by atoms with E-state index in [9.17, 15) is 0 Å². The van der Waals surface area contributed by atoms with Gasteiger partial charge in [-0.2, -0.15) is 0 Å². The molecule has 4 heteroatoms. The second kappa shape index (κ2) is 3.65. The monoisotopic (exact) mass is 239 g/mol. The Bertz CT molecular complexity index is 467. The van der Waals surface area contributed by atoms with E-state index in [1.807, 2.05) is 11.3 Å². The quantitative estimate of drug-likeness (QED) is 0.748. The van der Waals surface area contributed by atoms with Crippen LogP contribution in [0.4, 0.5) is 0 Å². The molecule has 0 atom stereocenters. The number of rotatable bonds is 2. The summed E-state index contributed by atoms with van der Waals surface area (Å²) < 4.78 is 5.52. The molecule has 2 heterocycles. The van der Waals surface area contributed by atoms with Crippen molar-refractivity contribution in [2.75, 3.05) is 0 Å². The summed E-state index contributed by atoms with van der Waals surface area (Å²) in [6.45, 7) is 0. The second-order valence-corrected chi connectivity index (χ2v) is 5.07. The topological polar surface area (TPSA) is 26.0 Å². The minimum absolute atomic E-state index is 0.338. The van der Waals surface area contributed by atoms with E-state index in [4.69, 9.17) is 16.0 Å². The predicted octanol–water partition coefficient (Wildman–Crippen LogP) is 3.63. The van der Waals surface area contributed by atoms with E-state index in [0.717, 1.165) is 5.76 Å². The van der Waals surface area contributed by atoms with Crippen LogP contribution in [0.3, 0.4) is 0 Å². The van der Waals surface area contributed by atoms with Gasteiger partial charge >= 0.3 is 0 Å². The number of alkyl halides is 1. The van der Waals surface area contributed by atoms with Crippen molar-refractivity contribution in [3.8, 4) is 10.6 Å². The molecule has 0 spiro atoms. The van der Waals surface area contributed by atoms with Gasteiger partial charge in [0.25, 0.3) is 0 Å². The number of nitrogens with zero attached hydrogens (tertiary/aromatic N) is 1. The Kier molecular flexibility index (Phi) is 2.29. The van der Waals surface area contributed by atoms with Gasteiger partial charge in [0.2, 0.25) is 5.89 Å². The third-order valence-electron chi connectivity index (χ3n) is 2.66. The average molecular weight is 240 g/mol. The Morgan fingerprint density at radius 2 is 2.40 bits per heavy atom. The van der Waals surface area contributed by atoms with Crippen LogP contribution in [-0.4, -0.2) is 4.98 Å². The third kappa shape index (κ3) is 1.60. The lowest BCUT2D eigenvalue weighted by molar-refractivity contribution is 0.530. The number of thiophene rings is 1. The first-order valence-electron chi connectivity index (χ1n) is 4.99. The molecule has 0 amide bonds. The van der Waals surface area contributed by atoms with Gasteiger partial charge in [0.1, 0.15) is 0 Å². The van der Waals surface area contributed by atoms with Gasteiger partial charge in [0.15, 0.2) is 5.76 Å². The number of aryl methyl sites for hydroxylation is 2. The summed E-state index contributed by atoms with van der Waals surface area (Å²) in [5, 5.41) is 0. The van der Waals surface area contributed by atoms with Crippen molar-refractivity contribution in [3.05, 3.63) is 28.6 Å². The molecule has 0 aromatic carbocycles. The van der Waals surface area contributed by atoms with Crippen molar-refractivity contribution in [3.63, 3.8) is 0 Å². The van der Waals surface area contributed by atoms with E-state index < -0.39 is 0 Å². The van der Waals surface area contributed by atoms with Crippen LogP contribution in [0, 0.1) is 0 Å². The fourth-order valence-corrected chi connectivity index (χ4v) is 3.26. The normalized spacial score (nSPS) is 14.5. The summed E-state index contributed by atoms with van der Waals surface area (Å²) >= 11 is 7.47. The molecule has 2 aromatic rings. The standard InChI is InChI=1S/C11H10ClNOS/c12-5-11-13-6-8(14-11)10-4-7-2-1-3-9(7)15-10/h4,6H,1-3,5H2. The lowest BCUT2D eigenvalue weighted by Gasteiger charge is -1.89. The van der Waals surface area contributed by atoms with Gasteiger partial charge in [0, 0.05) is 4.88 Å². The number of hydrogen-bond acceptors (Lipinski definition) is 3. The number of hydrogen-bond donors (Lipinski definition) is 0. The molecule has 3 rings (SSSR count). The Morgan fingerprint density at radius 1 is 1.47 bits per heavy atom. The predicted molar refractivity (Wildman–Crippen MR) is 61.4 cm³/mol. The highest BCUT2D eigenvalue weighted by Gasteiger charge is 2.17. The summed E-state index contributed by atoms with van der Waals surface area (Å²) in [5.41, 5.74) is 1.49. The molecule has 0 saturated carbocycles. The Labute approximate surface area is 96.9 Å². The molecule has 0 bridgehead atoms. The SMILES string of the molecule is ClCc1ncc(-c2cc3c(s2)CCC3)o1. The van der Waals surface area contributed by atoms with Crippen LogP contribution in [0.2, 0.25) is 0 Å². The molecule has 15 heavy (non-hydrogen) atoms. The summed E-state index contributed by atoms with van der Waals surface area (Å²) in [7, 11) is 0. The molecule has 0 N–H and O–H groups in total. The van der Waals surface area contributed by atoms with Gasteiger partial charge in [-0.15, -0.1) is 22.9 Å². The zero-order valence-corrected chi connectivity index (χ0v) is 9.70. The van der Waals surface area contributed by atoms with Crippen molar-refractivity contribution < 1.29 is 4.42 Å². The van der Waals surface area contributed by atoms with Gasteiger partial charge in [-0.3, -0.25) is 0 Å². The van der Waals surface area contributed by atoms with Crippen molar-refractivity contribution in [2.24, 2.45) is 0 Å². The molecule has 78 valence electrons. The Balaban J connectivity index is 1.98. The summed E-state index contributed by atoms with van der Waals surface area (Å²) in [6, 6.07) is 2.23. The fraction of sp³-hybridized carbons (Fsp3) is 0.364. The smallest absolute Gasteiger partial charge is 0.209 e. The van der Waals surface area contributed by atoms with Crippen molar-refractivity contribution in [1.29, 1.82) is 0 Å². The Hall–Kier alpha value is -0.800. The van der Waals surface area contributed by atoms with Gasteiger partial charge in [0.05, 0.1) is 17.0 Å². The van der Waals surface area contributed by atoms with Crippen LogP contribution >= 0.6 is 22.9 Å². The molecular weight excluding hydrogens is 230 g/mol. The van der Waals surface area contributed by atoms with Crippen LogP contribution in [0.1, 0.15) is 22.8 Å². The largest absolute Gasteiger partial charge is 0.439 e. The lowest BCUT2D eigenvalue weighted by Crippen LogP contribution is -1.71. The van der Waals surface area contributed by atoms with E-state index in [1.54, 1.807) is 6.20 Å². The van der Waals surface area contributed by atoms with Crippen LogP contribution in [0.25, 0.3) is 10.6 Å². The molecular formula is C11H10ClNOS. The minimum atomic E-state index is 0.338. The maximum atomic E-state index is 5.65. The average Bonchev–Trinajstić information content (AvgIpc) is 2.91. The molecule has 1 aliphatic carbocycles. The molecule has 1 aliphatic rings. The molecule has 0 aliphatic heterocycles. The maximum absolute atomic E-state index is 5.65. The second-order valence-electron chi connectivity index (χ2n) is 3.66. The van der Waals surface area contributed by atoms with Gasteiger partial charge < -0.3 is 4.42 Å². The van der Waals surface area contributed by atoms with E-state index in [-0.39, 0.29) is 0 Å². The first-order chi connectivity index (χ1) is 7.36. The van der Waals surface area contributed by atoms with Gasteiger partial charge in [-0.05, 0) is 30.9 Å². The fourth-order valence-electron chi connectivity index (χ4n) is 1.94. The molecule has 0 saturated heterocycles. The van der Waals surface area contributed by atoms with E-state index >= 15 is 0 Å². The zero-order valence-electron chi connectivity index (χ0n) is 8.12. The molecule has 0 radical (unpaired) electrons. The highest BCUT2D eigenvalue weighted by Crippen LogP contribution is 2.36. The Morgan fingerprint density at radius 3 is 3.13 bits per heavy atom. The third-order valence-corrected chi connectivity index (χ3v) is 4.14.